The molecule has 0 spiro atoms. The van der Waals surface area contributed by atoms with Gasteiger partial charge in [-0.1, -0.05) is 29.2 Å². The van der Waals surface area contributed by atoms with Crippen molar-refractivity contribution >= 4 is 34.7 Å². The zero-order valence-electron chi connectivity index (χ0n) is 17.3. The fourth-order valence-electron chi connectivity index (χ4n) is 2.86. The first-order valence-corrected chi connectivity index (χ1v) is 11.4. The van der Waals surface area contributed by atoms with Crippen molar-refractivity contribution < 1.29 is 9.53 Å². The van der Waals surface area contributed by atoms with E-state index in [2.05, 4.69) is 57.1 Å². The normalized spacial score (nSPS) is 10.8. The number of nitrogens with one attached hydrogen (secondary N) is 1. The van der Waals surface area contributed by atoms with Gasteiger partial charge in [0.1, 0.15) is 10.8 Å². The van der Waals surface area contributed by atoms with Crippen molar-refractivity contribution in [2.24, 2.45) is 0 Å². The van der Waals surface area contributed by atoms with Crippen LogP contribution in [0.15, 0.2) is 60.0 Å². The van der Waals surface area contributed by atoms with Crippen LogP contribution in [0.4, 0.5) is 5.69 Å². The van der Waals surface area contributed by atoms with Gasteiger partial charge >= 0.3 is 0 Å². The largest absolute Gasteiger partial charge is 0.497 e. The van der Waals surface area contributed by atoms with Crippen LogP contribution < -0.4 is 10.1 Å². The Kier molecular flexibility index (Phi) is 6.34. The molecule has 2 aromatic heterocycles. The van der Waals surface area contributed by atoms with Crippen LogP contribution in [0.2, 0.25) is 0 Å². The van der Waals surface area contributed by atoms with Crippen molar-refractivity contribution in [3.8, 4) is 11.4 Å². The first-order valence-electron chi connectivity index (χ1n) is 9.55. The molecule has 4 aromatic rings. The third-order valence-electron chi connectivity index (χ3n) is 4.71. The Hall–Kier alpha value is -3.17. The monoisotopic (exact) mass is 451 g/mol. The molecule has 2 heterocycles. The van der Waals surface area contributed by atoms with Crippen LogP contribution in [0.5, 0.6) is 5.75 Å². The van der Waals surface area contributed by atoms with Crippen LogP contribution >= 0.6 is 23.1 Å². The minimum Gasteiger partial charge on any atom is -0.497 e. The molecule has 0 aliphatic heterocycles. The van der Waals surface area contributed by atoms with Crippen molar-refractivity contribution in [2.45, 2.75) is 24.8 Å². The van der Waals surface area contributed by atoms with Gasteiger partial charge in [0.2, 0.25) is 5.01 Å². The topological polar surface area (TPSA) is 81.9 Å². The summed E-state index contributed by atoms with van der Waals surface area (Å²) >= 11 is 2.84. The summed E-state index contributed by atoms with van der Waals surface area (Å²) in [4.78, 5) is 16.9. The summed E-state index contributed by atoms with van der Waals surface area (Å²) in [5, 5.41) is 13.0. The Balaban J connectivity index is 1.40. The Morgan fingerprint density at radius 2 is 1.94 bits per heavy atom. The molecule has 0 fully saturated rings. The average Bonchev–Trinajstić information content (AvgIpc) is 3.44. The minimum absolute atomic E-state index is 0.282. The molecule has 31 heavy (non-hydrogen) atoms. The number of amides is 1. The quantitative estimate of drug-likeness (QED) is 0.403. The number of aromatic nitrogens is 4. The number of hydrogen-bond acceptors (Lipinski definition) is 7. The lowest BCUT2D eigenvalue weighted by Gasteiger charge is -2.09. The Morgan fingerprint density at radius 3 is 2.68 bits per heavy atom. The van der Waals surface area contributed by atoms with E-state index in [-0.39, 0.29) is 5.91 Å². The Morgan fingerprint density at radius 1 is 1.13 bits per heavy atom. The molecule has 0 saturated carbocycles. The maximum Gasteiger partial charge on any atom is 0.286 e. The zero-order chi connectivity index (χ0) is 21.8. The first-order chi connectivity index (χ1) is 15.0. The number of ether oxygens (including phenoxy) is 1. The van der Waals surface area contributed by atoms with Crippen LogP contribution in [0.25, 0.3) is 5.69 Å². The summed E-state index contributed by atoms with van der Waals surface area (Å²) in [5.74, 6) is 1.03. The summed E-state index contributed by atoms with van der Waals surface area (Å²) in [6.07, 6.45) is 3.73. The summed E-state index contributed by atoms with van der Waals surface area (Å²) in [6, 6.07) is 13.5. The molecule has 1 N–H and O–H groups in total. The number of rotatable bonds is 7. The van der Waals surface area contributed by atoms with Crippen molar-refractivity contribution in [3.05, 3.63) is 76.0 Å². The van der Waals surface area contributed by atoms with E-state index in [1.54, 1.807) is 49.3 Å². The number of methoxy groups -OCH3 is 1. The van der Waals surface area contributed by atoms with E-state index in [4.69, 9.17) is 4.74 Å². The predicted molar refractivity (Wildman–Crippen MR) is 123 cm³/mol. The predicted octanol–water partition coefficient (Wildman–Crippen LogP) is 4.89. The number of thioether (sulfide) groups is 1. The van der Waals surface area contributed by atoms with Crippen LogP contribution in [0.1, 0.15) is 25.9 Å². The van der Waals surface area contributed by atoms with Gasteiger partial charge in [0, 0.05) is 23.8 Å². The lowest BCUT2D eigenvalue weighted by atomic mass is 10.1. The second-order valence-electron chi connectivity index (χ2n) is 6.82. The maximum atomic E-state index is 12.5. The number of imidazole rings is 1. The number of carbonyl (C=O) groups is 1. The molecule has 1 amide bonds. The van der Waals surface area contributed by atoms with Gasteiger partial charge in [0.05, 0.1) is 12.9 Å². The van der Waals surface area contributed by atoms with Gasteiger partial charge in [0.25, 0.3) is 5.91 Å². The van der Waals surface area contributed by atoms with E-state index in [9.17, 15) is 4.79 Å². The molecular formula is C22H21N5O2S2. The molecule has 4 rings (SSSR count). The number of carbonyl (C=O) groups excluding carboxylic acids is 1. The summed E-state index contributed by atoms with van der Waals surface area (Å²) in [5.41, 5.74) is 4.23. The number of aryl methyl sites for hydroxylation is 2. The number of hydrogen-bond donors (Lipinski definition) is 1. The fourth-order valence-corrected chi connectivity index (χ4v) is 4.55. The molecule has 2 aromatic carbocycles. The van der Waals surface area contributed by atoms with Crippen molar-refractivity contribution in [1.29, 1.82) is 0 Å². The van der Waals surface area contributed by atoms with E-state index in [1.807, 2.05) is 6.20 Å². The minimum atomic E-state index is -0.282. The van der Waals surface area contributed by atoms with Crippen molar-refractivity contribution in [2.75, 3.05) is 12.4 Å². The van der Waals surface area contributed by atoms with Gasteiger partial charge < -0.3 is 10.1 Å². The standard InChI is InChI=1S/C22H21N5O2S2/c1-14-4-7-17(12-15(14)2)27-11-10-23-22(27)30-13-19-25-26-21(31-19)20(28)24-16-5-8-18(29-3)9-6-16/h4-12H,13H2,1-3H3,(H,24,28). The molecule has 7 nitrogen and oxygen atoms in total. The SMILES string of the molecule is COc1ccc(NC(=O)c2nnc(CSc3nccn3-c3ccc(C)c(C)c3)s2)cc1. The molecule has 158 valence electrons. The molecule has 0 aliphatic rings. The highest BCUT2D eigenvalue weighted by Crippen LogP contribution is 2.26. The average molecular weight is 452 g/mol. The van der Waals surface area contributed by atoms with E-state index < -0.39 is 0 Å². The van der Waals surface area contributed by atoms with Gasteiger partial charge in [-0.05, 0) is 61.4 Å². The molecule has 0 bridgehead atoms. The molecular weight excluding hydrogens is 430 g/mol. The third kappa shape index (κ3) is 4.95. The molecule has 0 saturated heterocycles. The van der Waals surface area contributed by atoms with Crippen molar-refractivity contribution in [3.63, 3.8) is 0 Å². The molecule has 0 aliphatic carbocycles. The Bertz CT molecular complexity index is 1200. The zero-order valence-corrected chi connectivity index (χ0v) is 19.0. The van der Waals surface area contributed by atoms with Gasteiger partial charge in [-0.25, -0.2) is 4.98 Å². The highest BCUT2D eigenvalue weighted by molar-refractivity contribution is 7.98. The van der Waals surface area contributed by atoms with Crippen molar-refractivity contribution in [1.82, 2.24) is 19.7 Å². The van der Waals surface area contributed by atoms with Crippen LogP contribution in [-0.2, 0) is 5.75 Å². The highest BCUT2D eigenvalue weighted by Gasteiger charge is 2.15. The molecule has 0 atom stereocenters. The van der Waals surface area contributed by atoms with Gasteiger partial charge in [0.15, 0.2) is 5.16 Å². The van der Waals surface area contributed by atoms with Crippen LogP contribution in [0, 0.1) is 13.8 Å². The summed E-state index contributed by atoms with van der Waals surface area (Å²) < 4.78 is 7.18. The molecule has 9 heteroatoms. The van der Waals surface area contributed by atoms with Crippen LogP contribution in [-0.4, -0.2) is 32.8 Å². The lowest BCUT2D eigenvalue weighted by molar-refractivity contribution is 0.102. The van der Waals surface area contributed by atoms with Gasteiger partial charge in [-0.2, -0.15) is 0 Å². The highest BCUT2D eigenvalue weighted by atomic mass is 32.2. The van der Waals surface area contributed by atoms with Gasteiger partial charge in [-0.3, -0.25) is 9.36 Å². The first kappa shape index (κ1) is 21.1. The maximum absolute atomic E-state index is 12.5. The lowest BCUT2D eigenvalue weighted by Crippen LogP contribution is -2.11. The van der Waals surface area contributed by atoms with Crippen LogP contribution in [0.3, 0.4) is 0 Å². The second-order valence-corrected chi connectivity index (χ2v) is 8.83. The van der Waals surface area contributed by atoms with E-state index in [0.717, 1.165) is 21.6 Å². The van der Waals surface area contributed by atoms with E-state index in [0.29, 0.717) is 16.4 Å². The smallest absolute Gasteiger partial charge is 0.286 e. The summed E-state index contributed by atoms with van der Waals surface area (Å²) in [7, 11) is 1.60. The Labute approximate surface area is 188 Å². The van der Waals surface area contributed by atoms with E-state index >= 15 is 0 Å². The fraction of sp³-hybridized carbons (Fsp3) is 0.182. The number of nitrogens with zero attached hydrogens (tertiary/aromatic N) is 4. The number of anilines is 1. The summed E-state index contributed by atoms with van der Waals surface area (Å²) in [6.45, 7) is 4.20. The van der Waals surface area contributed by atoms with E-state index in [1.165, 1.54) is 22.5 Å². The number of benzene rings is 2. The van der Waals surface area contributed by atoms with Gasteiger partial charge in [-0.15, -0.1) is 10.2 Å². The third-order valence-corrected chi connectivity index (χ3v) is 6.79. The molecule has 0 radical (unpaired) electrons. The second kappa shape index (κ2) is 9.32. The molecule has 0 unspecified atom stereocenters.